The van der Waals surface area contributed by atoms with Crippen LogP contribution in [0.3, 0.4) is 0 Å². The van der Waals surface area contributed by atoms with E-state index in [1.807, 2.05) is 12.4 Å². The van der Waals surface area contributed by atoms with Crippen LogP contribution in [0.1, 0.15) is 51.5 Å². The number of rotatable bonds is 8. The van der Waals surface area contributed by atoms with E-state index in [0.717, 1.165) is 6.54 Å². The fourth-order valence-corrected chi connectivity index (χ4v) is 1.65. The number of H-pyrrole nitrogens is 1. The van der Waals surface area contributed by atoms with Gasteiger partial charge in [-0.1, -0.05) is 32.6 Å². The van der Waals surface area contributed by atoms with Crippen molar-refractivity contribution in [1.29, 1.82) is 0 Å². The Morgan fingerprint density at radius 2 is 2.27 bits per heavy atom. The first-order valence-corrected chi connectivity index (χ1v) is 6.04. The average Bonchev–Trinajstić information content (AvgIpc) is 2.74. The summed E-state index contributed by atoms with van der Waals surface area (Å²) in [5.74, 6) is 0. The zero-order valence-electron chi connectivity index (χ0n) is 9.92. The van der Waals surface area contributed by atoms with Crippen LogP contribution in [0.25, 0.3) is 0 Å². The first-order chi connectivity index (χ1) is 7.33. The van der Waals surface area contributed by atoms with Crippen LogP contribution in [0.5, 0.6) is 0 Å². The van der Waals surface area contributed by atoms with Crippen molar-refractivity contribution in [3.8, 4) is 0 Å². The Labute approximate surface area is 92.7 Å². The van der Waals surface area contributed by atoms with Crippen molar-refractivity contribution in [2.24, 2.45) is 0 Å². The normalized spacial score (nSPS) is 12.9. The molecule has 0 aliphatic heterocycles. The van der Waals surface area contributed by atoms with Crippen LogP contribution >= 0.6 is 0 Å². The molecule has 0 saturated heterocycles. The molecule has 1 rings (SSSR count). The molecule has 0 bridgehead atoms. The minimum absolute atomic E-state index is 0.608. The zero-order valence-corrected chi connectivity index (χ0v) is 9.92. The molecule has 3 heteroatoms. The Kier molecular flexibility index (Phi) is 6.09. The third-order valence-electron chi connectivity index (χ3n) is 2.70. The molecule has 0 spiro atoms. The molecule has 1 unspecified atom stereocenters. The van der Waals surface area contributed by atoms with Gasteiger partial charge in [0.25, 0.3) is 0 Å². The van der Waals surface area contributed by atoms with Gasteiger partial charge in [0.1, 0.15) is 0 Å². The number of nitrogens with one attached hydrogen (secondary N) is 2. The van der Waals surface area contributed by atoms with E-state index < -0.39 is 0 Å². The van der Waals surface area contributed by atoms with E-state index in [-0.39, 0.29) is 0 Å². The summed E-state index contributed by atoms with van der Waals surface area (Å²) >= 11 is 0. The maximum Gasteiger partial charge on any atom is 0.0532 e. The molecule has 0 aliphatic rings. The van der Waals surface area contributed by atoms with Crippen molar-refractivity contribution in [3.05, 3.63) is 18.0 Å². The van der Waals surface area contributed by atoms with Crippen LogP contribution in [0.2, 0.25) is 0 Å². The van der Waals surface area contributed by atoms with Crippen molar-refractivity contribution >= 4 is 0 Å². The molecular weight excluding hydrogens is 186 g/mol. The highest BCUT2D eigenvalue weighted by Crippen LogP contribution is 2.05. The fraction of sp³-hybridized carbons (Fsp3) is 0.750. The minimum Gasteiger partial charge on any atom is -0.310 e. The maximum absolute atomic E-state index is 3.92. The third-order valence-corrected chi connectivity index (χ3v) is 2.70. The van der Waals surface area contributed by atoms with E-state index in [1.165, 1.54) is 37.7 Å². The van der Waals surface area contributed by atoms with Gasteiger partial charge >= 0.3 is 0 Å². The van der Waals surface area contributed by atoms with Gasteiger partial charge < -0.3 is 5.32 Å². The number of unbranched alkanes of at least 4 members (excludes halogenated alkanes) is 3. The lowest BCUT2D eigenvalue weighted by atomic mass is 10.1. The smallest absolute Gasteiger partial charge is 0.0532 e. The summed E-state index contributed by atoms with van der Waals surface area (Å²) in [7, 11) is 0. The maximum atomic E-state index is 3.92. The number of aromatic nitrogens is 2. The molecule has 1 atom stereocenters. The number of hydrogen-bond acceptors (Lipinski definition) is 2. The van der Waals surface area contributed by atoms with Crippen molar-refractivity contribution < 1.29 is 0 Å². The van der Waals surface area contributed by atoms with Crippen molar-refractivity contribution in [2.75, 3.05) is 0 Å². The second-order valence-corrected chi connectivity index (χ2v) is 4.24. The second kappa shape index (κ2) is 7.46. The van der Waals surface area contributed by atoms with Gasteiger partial charge in [0.15, 0.2) is 0 Å². The van der Waals surface area contributed by atoms with Gasteiger partial charge in [-0.25, -0.2) is 0 Å². The van der Waals surface area contributed by atoms with E-state index >= 15 is 0 Å². The fourth-order valence-electron chi connectivity index (χ4n) is 1.65. The van der Waals surface area contributed by atoms with Crippen molar-refractivity contribution in [1.82, 2.24) is 15.5 Å². The SMILES string of the molecule is CCCCCCC(C)NCc1cn[nH]c1. The van der Waals surface area contributed by atoms with Gasteiger partial charge in [-0.15, -0.1) is 0 Å². The highest BCUT2D eigenvalue weighted by atomic mass is 15.1. The number of aromatic amines is 1. The summed E-state index contributed by atoms with van der Waals surface area (Å²) in [4.78, 5) is 0. The van der Waals surface area contributed by atoms with Gasteiger partial charge in [-0.05, 0) is 13.3 Å². The van der Waals surface area contributed by atoms with Crippen LogP contribution in [0.4, 0.5) is 0 Å². The van der Waals surface area contributed by atoms with Crippen LogP contribution in [-0.4, -0.2) is 16.2 Å². The van der Waals surface area contributed by atoms with Crippen LogP contribution < -0.4 is 5.32 Å². The van der Waals surface area contributed by atoms with E-state index in [9.17, 15) is 0 Å². The molecule has 2 N–H and O–H groups in total. The molecule has 0 saturated carbocycles. The van der Waals surface area contributed by atoms with E-state index in [0.29, 0.717) is 6.04 Å². The Bertz CT molecular complexity index is 231. The Morgan fingerprint density at radius 1 is 1.40 bits per heavy atom. The van der Waals surface area contributed by atoms with Gasteiger partial charge in [0.2, 0.25) is 0 Å². The molecule has 86 valence electrons. The summed E-state index contributed by atoms with van der Waals surface area (Å²) in [6, 6.07) is 0.608. The Morgan fingerprint density at radius 3 is 2.93 bits per heavy atom. The number of nitrogens with zero attached hydrogens (tertiary/aromatic N) is 1. The van der Waals surface area contributed by atoms with Crippen LogP contribution in [0.15, 0.2) is 12.4 Å². The van der Waals surface area contributed by atoms with E-state index in [4.69, 9.17) is 0 Å². The molecule has 15 heavy (non-hydrogen) atoms. The summed E-state index contributed by atoms with van der Waals surface area (Å²) in [6.45, 7) is 5.43. The van der Waals surface area contributed by atoms with Gasteiger partial charge in [0, 0.05) is 24.3 Å². The van der Waals surface area contributed by atoms with E-state index in [1.54, 1.807) is 0 Å². The first-order valence-electron chi connectivity index (χ1n) is 6.04. The Hall–Kier alpha value is -0.830. The van der Waals surface area contributed by atoms with Crippen molar-refractivity contribution in [2.45, 2.75) is 58.5 Å². The molecule has 0 aromatic carbocycles. The molecule has 1 heterocycles. The van der Waals surface area contributed by atoms with Gasteiger partial charge in [-0.3, -0.25) is 5.10 Å². The largest absolute Gasteiger partial charge is 0.310 e. The standard InChI is InChI=1S/C12H23N3/c1-3-4-5-6-7-11(2)13-8-12-9-14-15-10-12/h9-11,13H,3-8H2,1-2H3,(H,14,15). The van der Waals surface area contributed by atoms with E-state index in [2.05, 4.69) is 29.4 Å². The molecule has 0 fully saturated rings. The summed E-state index contributed by atoms with van der Waals surface area (Å²) in [6.07, 6.45) is 10.5. The lowest BCUT2D eigenvalue weighted by molar-refractivity contribution is 0.483. The molecular formula is C12H23N3. The first kappa shape index (κ1) is 12.2. The summed E-state index contributed by atoms with van der Waals surface area (Å²) < 4.78 is 0. The van der Waals surface area contributed by atoms with Crippen molar-refractivity contribution in [3.63, 3.8) is 0 Å². The third kappa shape index (κ3) is 5.57. The lowest BCUT2D eigenvalue weighted by Gasteiger charge is -2.12. The topological polar surface area (TPSA) is 40.7 Å². The van der Waals surface area contributed by atoms with Crippen LogP contribution in [-0.2, 0) is 6.54 Å². The van der Waals surface area contributed by atoms with Crippen LogP contribution in [0, 0.1) is 0 Å². The van der Waals surface area contributed by atoms with Gasteiger partial charge in [-0.2, -0.15) is 5.10 Å². The monoisotopic (exact) mass is 209 g/mol. The summed E-state index contributed by atoms with van der Waals surface area (Å²) in [5.41, 5.74) is 1.23. The molecule has 0 radical (unpaired) electrons. The molecule has 1 aromatic heterocycles. The molecule has 1 aromatic rings. The minimum atomic E-state index is 0.608. The molecule has 0 amide bonds. The predicted octanol–water partition coefficient (Wildman–Crippen LogP) is 2.86. The predicted molar refractivity (Wildman–Crippen MR) is 63.6 cm³/mol. The van der Waals surface area contributed by atoms with Gasteiger partial charge in [0.05, 0.1) is 6.20 Å². The quantitative estimate of drug-likeness (QED) is 0.646. The lowest BCUT2D eigenvalue weighted by Crippen LogP contribution is -2.25. The highest BCUT2D eigenvalue weighted by molar-refractivity contribution is 5.01. The average molecular weight is 209 g/mol. The zero-order chi connectivity index (χ0) is 10.9. The number of hydrogen-bond donors (Lipinski definition) is 2. The second-order valence-electron chi connectivity index (χ2n) is 4.24. The highest BCUT2D eigenvalue weighted by Gasteiger charge is 2.01. The molecule has 0 aliphatic carbocycles. The summed E-state index contributed by atoms with van der Waals surface area (Å²) in [5, 5.41) is 10.2. The molecule has 3 nitrogen and oxygen atoms in total. The Balaban J connectivity index is 2.01.